The van der Waals surface area contributed by atoms with E-state index in [0.717, 1.165) is 19.3 Å². The molecule has 0 aliphatic carbocycles. The van der Waals surface area contributed by atoms with Crippen molar-refractivity contribution < 1.29 is 44.5 Å². The maximum atomic E-state index is 10.2. The maximum Gasteiger partial charge on any atom is 0.631 e. The minimum absolute atomic E-state index is 0. The van der Waals surface area contributed by atoms with Crippen LogP contribution in [0, 0.1) is 5.41 Å². The summed E-state index contributed by atoms with van der Waals surface area (Å²) < 4.78 is 0. The van der Waals surface area contributed by atoms with Gasteiger partial charge >= 0.3 is 13.3 Å². The SMILES string of the molecule is CC(C)(C)CCCCCC(=O)O.OB(O)O.[Zn]. The fraction of sp³-hybridized carbons (Fsp3) is 0.900. The van der Waals surface area contributed by atoms with Gasteiger partial charge in [0.15, 0.2) is 0 Å². The summed E-state index contributed by atoms with van der Waals surface area (Å²) in [7, 11) is -2.17. The molecule has 0 saturated carbocycles. The molecular formula is C10H23BO5Zn. The molecule has 0 aliphatic heterocycles. The van der Waals surface area contributed by atoms with Crippen LogP contribution in [0.3, 0.4) is 0 Å². The van der Waals surface area contributed by atoms with E-state index in [9.17, 15) is 4.79 Å². The number of carboxylic acids is 1. The molecule has 0 aromatic heterocycles. The maximum absolute atomic E-state index is 10.2. The van der Waals surface area contributed by atoms with Crippen LogP contribution in [-0.2, 0) is 24.3 Å². The van der Waals surface area contributed by atoms with Gasteiger partial charge in [-0.25, -0.2) is 0 Å². The zero-order valence-electron chi connectivity index (χ0n) is 11.0. The van der Waals surface area contributed by atoms with E-state index in [1.807, 2.05) is 0 Å². The molecule has 0 rings (SSSR count). The third-order valence-electron chi connectivity index (χ3n) is 1.82. The third kappa shape index (κ3) is 38.7. The largest absolute Gasteiger partial charge is 0.631 e. The summed E-state index contributed by atoms with van der Waals surface area (Å²) in [5.41, 5.74) is 0.392. The second-order valence-corrected chi connectivity index (χ2v) is 4.86. The Labute approximate surface area is 116 Å². The Balaban J connectivity index is -0.000000340. The molecule has 4 N–H and O–H groups in total. The zero-order chi connectivity index (χ0) is 13.2. The molecule has 0 spiro atoms. The van der Waals surface area contributed by atoms with Crippen molar-refractivity contribution >= 4 is 13.3 Å². The summed E-state index contributed by atoms with van der Waals surface area (Å²) in [4.78, 5) is 10.2. The number of hydrogen-bond donors (Lipinski definition) is 4. The third-order valence-corrected chi connectivity index (χ3v) is 1.82. The van der Waals surface area contributed by atoms with Gasteiger partial charge in [-0.2, -0.15) is 0 Å². The van der Waals surface area contributed by atoms with E-state index in [-0.39, 0.29) is 19.5 Å². The molecule has 0 amide bonds. The number of aliphatic carboxylic acids is 1. The van der Waals surface area contributed by atoms with Crippen LogP contribution in [0.25, 0.3) is 0 Å². The normalized spacial score (nSPS) is 9.76. The van der Waals surface area contributed by atoms with Crippen molar-refractivity contribution in [2.45, 2.75) is 52.9 Å². The zero-order valence-corrected chi connectivity index (χ0v) is 14.0. The van der Waals surface area contributed by atoms with Crippen molar-refractivity contribution in [1.82, 2.24) is 0 Å². The molecule has 5 nitrogen and oxygen atoms in total. The van der Waals surface area contributed by atoms with Gasteiger partial charge in [-0.3, -0.25) is 4.79 Å². The van der Waals surface area contributed by atoms with Crippen molar-refractivity contribution in [3.63, 3.8) is 0 Å². The Morgan fingerprint density at radius 3 is 1.76 bits per heavy atom. The van der Waals surface area contributed by atoms with Gasteiger partial charge < -0.3 is 20.2 Å². The first kappa shape index (κ1) is 22.2. The van der Waals surface area contributed by atoms with Gasteiger partial charge in [0.1, 0.15) is 0 Å². The molecule has 0 fully saturated rings. The summed E-state index contributed by atoms with van der Waals surface area (Å²) in [6.45, 7) is 6.64. The summed E-state index contributed by atoms with van der Waals surface area (Å²) in [6, 6.07) is 0. The molecule has 0 unspecified atom stereocenters. The second-order valence-electron chi connectivity index (χ2n) is 4.86. The Bertz CT molecular complexity index is 179. The van der Waals surface area contributed by atoms with Crippen molar-refractivity contribution in [3.05, 3.63) is 0 Å². The summed E-state index contributed by atoms with van der Waals surface area (Å²) in [5, 5.41) is 29.9. The number of carbonyl (C=O) groups is 1. The topological polar surface area (TPSA) is 98.0 Å². The summed E-state index contributed by atoms with van der Waals surface area (Å²) in [5.74, 6) is -0.675. The fourth-order valence-electron chi connectivity index (χ4n) is 1.11. The van der Waals surface area contributed by atoms with Crippen LogP contribution in [0.4, 0.5) is 0 Å². The van der Waals surface area contributed by atoms with Crippen molar-refractivity contribution in [1.29, 1.82) is 0 Å². The molecule has 7 heteroatoms. The van der Waals surface area contributed by atoms with Crippen LogP contribution < -0.4 is 0 Å². The first-order valence-electron chi connectivity index (χ1n) is 5.41. The van der Waals surface area contributed by atoms with Crippen LogP contribution in [0.2, 0.25) is 0 Å². The Kier molecular flexibility index (Phi) is 16.3. The van der Waals surface area contributed by atoms with E-state index in [0.29, 0.717) is 11.8 Å². The Hall–Kier alpha value is 0.0383. The van der Waals surface area contributed by atoms with Gasteiger partial charge in [-0.15, -0.1) is 0 Å². The smallest absolute Gasteiger partial charge is 0.481 e. The minimum atomic E-state index is -2.17. The van der Waals surface area contributed by atoms with Gasteiger partial charge in [0.05, 0.1) is 0 Å². The average molecular weight is 299 g/mol. The van der Waals surface area contributed by atoms with E-state index in [2.05, 4.69) is 20.8 Å². The molecule has 0 atom stereocenters. The molecule has 0 aliphatic rings. The monoisotopic (exact) mass is 298 g/mol. The van der Waals surface area contributed by atoms with Crippen molar-refractivity contribution in [3.8, 4) is 0 Å². The van der Waals surface area contributed by atoms with Crippen LogP contribution >= 0.6 is 0 Å². The molecular weight excluding hydrogens is 276 g/mol. The molecule has 17 heavy (non-hydrogen) atoms. The van der Waals surface area contributed by atoms with E-state index >= 15 is 0 Å². The summed E-state index contributed by atoms with van der Waals surface area (Å²) in [6.07, 6.45) is 4.53. The molecule has 0 bridgehead atoms. The van der Waals surface area contributed by atoms with Crippen LogP contribution in [-0.4, -0.2) is 33.5 Å². The predicted octanol–water partition coefficient (Wildman–Crippen LogP) is 1.01. The molecule has 98 valence electrons. The van der Waals surface area contributed by atoms with Crippen LogP contribution in [0.5, 0.6) is 0 Å². The Morgan fingerprint density at radius 1 is 1.06 bits per heavy atom. The van der Waals surface area contributed by atoms with Gasteiger partial charge in [0.25, 0.3) is 0 Å². The first-order valence-corrected chi connectivity index (χ1v) is 5.41. The standard InChI is InChI=1S/C10H20O2.BH3O3.Zn/c1-10(2,3)8-6-4-5-7-9(11)12;2-1(3)4;/h4-8H2,1-3H3,(H,11,12);2-4H;. The van der Waals surface area contributed by atoms with E-state index < -0.39 is 13.3 Å². The van der Waals surface area contributed by atoms with E-state index in [4.69, 9.17) is 20.2 Å². The molecule has 0 saturated heterocycles. The minimum Gasteiger partial charge on any atom is -0.481 e. The van der Waals surface area contributed by atoms with Gasteiger partial charge in [0, 0.05) is 25.9 Å². The average Bonchev–Trinajstić information content (AvgIpc) is 1.99. The van der Waals surface area contributed by atoms with Gasteiger partial charge in [0.2, 0.25) is 0 Å². The molecule has 0 radical (unpaired) electrons. The second kappa shape index (κ2) is 12.5. The van der Waals surface area contributed by atoms with Gasteiger partial charge in [-0.05, 0) is 18.3 Å². The van der Waals surface area contributed by atoms with Crippen LogP contribution in [0.1, 0.15) is 52.9 Å². The number of carboxylic acid groups (broad SMARTS) is 1. The number of unbranched alkanes of at least 4 members (excludes halogenated alkanes) is 2. The van der Waals surface area contributed by atoms with Crippen molar-refractivity contribution in [2.24, 2.45) is 5.41 Å². The predicted molar refractivity (Wildman–Crippen MR) is 62.6 cm³/mol. The van der Waals surface area contributed by atoms with E-state index in [1.54, 1.807) is 0 Å². The quantitative estimate of drug-likeness (QED) is 0.449. The summed E-state index contributed by atoms with van der Waals surface area (Å²) >= 11 is 0. The van der Waals surface area contributed by atoms with Gasteiger partial charge in [-0.1, -0.05) is 33.6 Å². The van der Waals surface area contributed by atoms with Crippen molar-refractivity contribution in [2.75, 3.05) is 0 Å². The fourth-order valence-corrected chi connectivity index (χ4v) is 1.11. The molecule has 0 aromatic rings. The number of rotatable bonds is 5. The Morgan fingerprint density at radius 2 is 1.47 bits per heavy atom. The number of hydrogen-bond acceptors (Lipinski definition) is 4. The van der Waals surface area contributed by atoms with E-state index in [1.165, 1.54) is 6.42 Å². The molecule has 0 aromatic carbocycles. The molecule has 0 heterocycles. The first-order chi connectivity index (χ1) is 7.15. The van der Waals surface area contributed by atoms with Crippen LogP contribution in [0.15, 0.2) is 0 Å².